The van der Waals surface area contributed by atoms with Crippen LogP contribution in [0, 0.1) is 6.92 Å². The maximum Gasteiger partial charge on any atom is 0.191 e. The van der Waals surface area contributed by atoms with Gasteiger partial charge in [-0.2, -0.15) is 0 Å². The highest BCUT2D eigenvalue weighted by molar-refractivity contribution is 14.0. The molecule has 0 bridgehead atoms. The quantitative estimate of drug-likeness (QED) is 0.455. The van der Waals surface area contributed by atoms with Crippen LogP contribution in [-0.4, -0.2) is 24.5 Å². The third-order valence-corrected chi connectivity index (χ3v) is 3.46. The van der Waals surface area contributed by atoms with Crippen LogP contribution in [-0.2, 0) is 13.0 Å². The summed E-state index contributed by atoms with van der Waals surface area (Å²) in [5.74, 6) is 1.75. The van der Waals surface area contributed by atoms with Crippen LogP contribution in [0.2, 0.25) is 0 Å². The first-order chi connectivity index (χ1) is 9.28. The zero-order valence-corrected chi connectivity index (χ0v) is 14.7. The van der Waals surface area contributed by atoms with Crippen LogP contribution >= 0.6 is 35.3 Å². The molecule has 0 saturated heterocycles. The molecule has 0 atom stereocenters. The van der Waals surface area contributed by atoms with Gasteiger partial charge in [-0.1, -0.05) is 0 Å². The third kappa shape index (κ3) is 5.49. The molecule has 0 aliphatic rings. The highest BCUT2D eigenvalue weighted by Gasteiger charge is 2.02. The average Bonchev–Trinajstić information content (AvgIpc) is 3.05. The van der Waals surface area contributed by atoms with Crippen LogP contribution < -0.4 is 10.6 Å². The molecule has 0 fully saturated rings. The van der Waals surface area contributed by atoms with E-state index >= 15 is 0 Å². The van der Waals surface area contributed by atoms with Gasteiger partial charge in [0.05, 0.1) is 12.8 Å². The standard InChI is InChI=1S/C13H18N4OS.HI/c1-10-8-16-12(19-10)9-17-13(14-2)15-6-5-11-4-3-7-18-11;/h3-4,7-8H,5-6,9H2,1-2H3,(H2,14,15,17);1H. The number of nitrogens with zero attached hydrogens (tertiary/aromatic N) is 2. The minimum Gasteiger partial charge on any atom is -0.469 e. The maximum absolute atomic E-state index is 5.27. The van der Waals surface area contributed by atoms with Crippen molar-refractivity contribution in [2.75, 3.05) is 13.6 Å². The Labute approximate surface area is 139 Å². The summed E-state index contributed by atoms with van der Waals surface area (Å²) < 4.78 is 5.27. The molecular formula is C13H19IN4OS. The number of nitrogens with one attached hydrogen (secondary N) is 2. The molecule has 2 rings (SSSR count). The van der Waals surface area contributed by atoms with E-state index in [0.717, 1.165) is 29.7 Å². The number of rotatable bonds is 5. The summed E-state index contributed by atoms with van der Waals surface area (Å²) in [6.45, 7) is 3.53. The van der Waals surface area contributed by atoms with E-state index in [9.17, 15) is 0 Å². The second kappa shape index (κ2) is 8.96. The highest BCUT2D eigenvalue weighted by atomic mass is 127. The topological polar surface area (TPSA) is 62.5 Å². The van der Waals surface area contributed by atoms with Crippen molar-refractivity contribution in [2.24, 2.45) is 4.99 Å². The minimum atomic E-state index is 0. The van der Waals surface area contributed by atoms with Gasteiger partial charge in [0, 0.05) is 31.1 Å². The summed E-state index contributed by atoms with van der Waals surface area (Å²) in [5.41, 5.74) is 0. The fourth-order valence-corrected chi connectivity index (χ4v) is 2.35. The van der Waals surface area contributed by atoms with Gasteiger partial charge < -0.3 is 15.1 Å². The smallest absolute Gasteiger partial charge is 0.191 e. The van der Waals surface area contributed by atoms with Crippen LogP contribution in [0.4, 0.5) is 0 Å². The lowest BCUT2D eigenvalue weighted by Gasteiger charge is -2.09. The van der Waals surface area contributed by atoms with Gasteiger partial charge in [0.2, 0.25) is 0 Å². The number of aryl methyl sites for hydroxylation is 1. The van der Waals surface area contributed by atoms with E-state index in [0.29, 0.717) is 6.54 Å². The molecule has 0 amide bonds. The largest absolute Gasteiger partial charge is 0.469 e. The lowest BCUT2D eigenvalue weighted by atomic mass is 10.3. The van der Waals surface area contributed by atoms with Crippen molar-refractivity contribution < 1.29 is 4.42 Å². The second-order valence-electron chi connectivity index (χ2n) is 4.05. The van der Waals surface area contributed by atoms with Crippen molar-refractivity contribution >= 4 is 41.3 Å². The number of hydrogen-bond donors (Lipinski definition) is 2. The Morgan fingerprint density at radius 1 is 1.45 bits per heavy atom. The van der Waals surface area contributed by atoms with Crippen LogP contribution in [0.5, 0.6) is 0 Å². The number of hydrogen-bond acceptors (Lipinski definition) is 4. The number of aliphatic imine (C=N–C) groups is 1. The van der Waals surface area contributed by atoms with E-state index < -0.39 is 0 Å². The summed E-state index contributed by atoms with van der Waals surface area (Å²) in [6.07, 6.45) is 4.41. The first-order valence-corrected chi connectivity index (χ1v) is 6.98. The molecule has 110 valence electrons. The Hall–Kier alpha value is -1.09. The normalized spacial score (nSPS) is 11.0. The van der Waals surface area contributed by atoms with E-state index in [2.05, 4.69) is 27.5 Å². The molecule has 5 nitrogen and oxygen atoms in total. The molecular weight excluding hydrogens is 387 g/mol. The van der Waals surface area contributed by atoms with Crippen molar-refractivity contribution in [1.29, 1.82) is 0 Å². The van der Waals surface area contributed by atoms with Gasteiger partial charge >= 0.3 is 0 Å². The van der Waals surface area contributed by atoms with Crippen molar-refractivity contribution in [3.05, 3.63) is 40.2 Å². The lowest BCUT2D eigenvalue weighted by Crippen LogP contribution is -2.37. The van der Waals surface area contributed by atoms with Crippen molar-refractivity contribution in [1.82, 2.24) is 15.6 Å². The number of halogens is 1. The summed E-state index contributed by atoms with van der Waals surface area (Å²) in [4.78, 5) is 9.69. The van der Waals surface area contributed by atoms with Crippen LogP contribution in [0.25, 0.3) is 0 Å². The molecule has 0 aliphatic carbocycles. The summed E-state index contributed by atoms with van der Waals surface area (Å²) in [6, 6.07) is 3.86. The molecule has 0 spiro atoms. The Kier molecular flexibility index (Phi) is 7.60. The van der Waals surface area contributed by atoms with Gasteiger partial charge in [-0.25, -0.2) is 4.98 Å². The fourth-order valence-electron chi connectivity index (χ4n) is 1.62. The monoisotopic (exact) mass is 406 g/mol. The van der Waals surface area contributed by atoms with Gasteiger partial charge in [0.25, 0.3) is 0 Å². The number of aromatic nitrogens is 1. The molecule has 0 unspecified atom stereocenters. The predicted octanol–water partition coefficient (Wildman–Crippen LogP) is 2.57. The first kappa shape index (κ1) is 17.0. The van der Waals surface area contributed by atoms with Crippen LogP contribution in [0.15, 0.2) is 34.0 Å². The minimum absolute atomic E-state index is 0. The van der Waals surface area contributed by atoms with Crippen molar-refractivity contribution in [3.8, 4) is 0 Å². The zero-order chi connectivity index (χ0) is 13.5. The number of thiazole rings is 1. The molecule has 0 aromatic carbocycles. The third-order valence-electron chi connectivity index (χ3n) is 2.54. The Bertz CT molecular complexity index is 524. The second-order valence-corrected chi connectivity index (χ2v) is 5.37. The molecule has 2 N–H and O–H groups in total. The zero-order valence-electron chi connectivity index (χ0n) is 11.5. The SMILES string of the molecule is CN=C(NCCc1ccco1)NCc1ncc(C)s1.I. The van der Waals surface area contributed by atoms with Gasteiger partial charge in [0.15, 0.2) is 5.96 Å². The molecule has 0 radical (unpaired) electrons. The number of furan rings is 1. The van der Waals surface area contributed by atoms with Gasteiger partial charge in [-0.3, -0.25) is 4.99 Å². The predicted molar refractivity (Wildman–Crippen MR) is 92.9 cm³/mol. The van der Waals surface area contributed by atoms with Gasteiger partial charge in [0.1, 0.15) is 10.8 Å². The first-order valence-electron chi connectivity index (χ1n) is 6.16. The average molecular weight is 406 g/mol. The molecule has 7 heteroatoms. The lowest BCUT2D eigenvalue weighted by molar-refractivity contribution is 0.507. The van der Waals surface area contributed by atoms with E-state index in [1.165, 1.54) is 4.88 Å². The van der Waals surface area contributed by atoms with Crippen LogP contribution in [0.1, 0.15) is 15.6 Å². The molecule has 2 aromatic rings. The molecule has 20 heavy (non-hydrogen) atoms. The molecule has 0 aliphatic heterocycles. The summed E-state index contributed by atoms with van der Waals surface area (Å²) in [7, 11) is 1.76. The Balaban J connectivity index is 0.00000200. The summed E-state index contributed by atoms with van der Waals surface area (Å²) >= 11 is 1.69. The van der Waals surface area contributed by atoms with E-state index in [-0.39, 0.29) is 24.0 Å². The molecule has 2 heterocycles. The van der Waals surface area contributed by atoms with E-state index in [1.807, 2.05) is 18.3 Å². The van der Waals surface area contributed by atoms with Crippen molar-refractivity contribution in [2.45, 2.75) is 19.9 Å². The van der Waals surface area contributed by atoms with E-state index in [4.69, 9.17) is 4.42 Å². The summed E-state index contributed by atoms with van der Waals surface area (Å²) in [5, 5.41) is 7.54. The van der Waals surface area contributed by atoms with Gasteiger partial charge in [-0.05, 0) is 19.1 Å². The molecule has 0 saturated carbocycles. The van der Waals surface area contributed by atoms with E-state index in [1.54, 1.807) is 24.6 Å². The van der Waals surface area contributed by atoms with Crippen LogP contribution in [0.3, 0.4) is 0 Å². The Morgan fingerprint density at radius 2 is 2.30 bits per heavy atom. The highest BCUT2D eigenvalue weighted by Crippen LogP contribution is 2.10. The molecule has 2 aromatic heterocycles. The number of guanidine groups is 1. The fraction of sp³-hybridized carbons (Fsp3) is 0.385. The van der Waals surface area contributed by atoms with Crippen molar-refractivity contribution in [3.63, 3.8) is 0 Å². The van der Waals surface area contributed by atoms with Gasteiger partial charge in [-0.15, -0.1) is 35.3 Å². The maximum atomic E-state index is 5.27. The Morgan fingerprint density at radius 3 is 2.90 bits per heavy atom.